The molecule has 4 heterocycles. The van der Waals surface area contributed by atoms with E-state index in [0.717, 1.165) is 32.1 Å². The molecule has 0 spiro atoms. The Morgan fingerprint density at radius 2 is 1.81 bits per heavy atom. The Hall–Kier alpha value is -3.27. The van der Waals surface area contributed by atoms with Crippen molar-refractivity contribution in [1.82, 2.24) is 26.1 Å². The van der Waals surface area contributed by atoms with Gasteiger partial charge in [0.25, 0.3) is 12.3 Å². The fraction of sp³-hybridized carbons (Fsp3) is 0.548. The number of aromatic nitrogens is 2. The number of hydrogen-bond donors (Lipinski definition) is 3. The first-order valence-electron chi connectivity index (χ1n) is 15.0. The highest BCUT2D eigenvalue weighted by molar-refractivity contribution is 8.00. The normalized spacial score (nSPS) is 23.8. The number of ether oxygens (including phenoxy) is 1. The number of nitrogens with zero attached hydrogens (tertiary/aromatic N) is 3. The zero-order valence-corrected chi connectivity index (χ0v) is 26.1. The van der Waals surface area contributed by atoms with Gasteiger partial charge in [-0.2, -0.15) is 0 Å². The van der Waals surface area contributed by atoms with Crippen molar-refractivity contribution in [3.63, 3.8) is 0 Å². The van der Waals surface area contributed by atoms with E-state index in [9.17, 15) is 18.4 Å². The van der Waals surface area contributed by atoms with E-state index in [2.05, 4.69) is 38.0 Å². The first-order chi connectivity index (χ1) is 20.9. The molecule has 6 rings (SSSR count). The highest BCUT2D eigenvalue weighted by Gasteiger charge is 2.43. The molecule has 4 unspecified atom stereocenters. The van der Waals surface area contributed by atoms with E-state index in [4.69, 9.17) is 4.74 Å². The summed E-state index contributed by atoms with van der Waals surface area (Å²) in [7, 11) is 1.41. The largest absolute Gasteiger partial charge is 0.494 e. The minimum Gasteiger partial charge on any atom is -0.494 e. The number of anilines is 1. The number of thioether (sulfide) groups is 1. The van der Waals surface area contributed by atoms with Crippen LogP contribution in [0.5, 0.6) is 5.75 Å². The smallest absolute Gasteiger partial charge is 0.280 e. The van der Waals surface area contributed by atoms with Gasteiger partial charge >= 0.3 is 0 Å². The van der Waals surface area contributed by atoms with Gasteiger partial charge in [0.05, 0.1) is 18.9 Å². The van der Waals surface area contributed by atoms with Crippen LogP contribution in [0.3, 0.4) is 0 Å². The van der Waals surface area contributed by atoms with E-state index in [1.807, 2.05) is 27.7 Å². The lowest BCUT2D eigenvalue weighted by Gasteiger charge is -2.43. The molecule has 9 nitrogen and oxygen atoms in total. The summed E-state index contributed by atoms with van der Waals surface area (Å²) in [5, 5.41) is 2.72. The van der Waals surface area contributed by atoms with Gasteiger partial charge in [0, 0.05) is 35.7 Å². The van der Waals surface area contributed by atoms with E-state index in [0.29, 0.717) is 29.8 Å². The quantitative estimate of drug-likeness (QED) is 0.366. The summed E-state index contributed by atoms with van der Waals surface area (Å²) in [5.74, 6) is 7.37. The molecule has 2 aromatic heterocycles. The highest BCUT2D eigenvalue weighted by atomic mass is 32.2. The maximum Gasteiger partial charge on any atom is 0.280 e. The second-order valence-electron chi connectivity index (χ2n) is 10.1. The minimum atomic E-state index is -2.81. The summed E-state index contributed by atoms with van der Waals surface area (Å²) in [4.78, 5) is 36.5. The van der Waals surface area contributed by atoms with Crippen molar-refractivity contribution in [3.05, 3.63) is 35.8 Å². The Morgan fingerprint density at radius 3 is 2.47 bits per heavy atom. The second kappa shape index (κ2) is 14.9. The number of pyridine rings is 2. The lowest BCUT2D eigenvalue weighted by atomic mass is 9.69. The van der Waals surface area contributed by atoms with Crippen molar-refractivity contribution in [2.75, 3.05) is 18.6 Å². The van der Waals surface area contributed by atoms with Gasteiger partial charge in [-0.05, 0) is 50.2 Å². The lowest BCUT2D eigenvalue weighted by Crippen LogP contribution is -2.50. The van der Waals surface area contributed by atoms with Gasteiger partial charge in [0.1, 0.15) is 28.1 Å². The van der Waals surface area contributed by atoms with Gasteiger partial charge in [0.15, 0.2) is 0 Å². The van der Waals surface area contributed by atoms with Crippen LogP contribution in [0.15, 0.2) is 24.5 Å². The highest BCUT2D eigenvalue weighted by Crippen LogP contribution is 2.43. The van der Waals surface area contributed by atoms with E-state index in [1.54, 1.807) is 11.0 Å². The average molecular weight is 615 g/mol. The van der Waals surface area contributed by atoms with Crippen LogP contribution < -0.4 is 25.8 Å². The van der Waals surface area contributed by atoms with Crippen molar-refractivity contribution in [1.29, 1.82) is 0 Å². The first kappa shape index (κ1) is 32.6. The van der Waals surface area contributed by atoms with Gasteiger partial charge in [-0.3, -0.25) is 19.5 Å². The monoisotopic (exact) mass is 614 g/mol. The Kier molecular flexibility index (Phi) is 11.3. The Labute approximate surface area is 256 Å². The van der Waals surface area contributed by atoms with E-state index >= 15 is 0 Å². The molecular weight excluding hydrogens is 574 g/mol. The number of nitrogens with one attached hydrogen (secondary N) is 3. The number of alkyl halides is 2. The average Bonchev–Trinajstić information content (AvgIpc) is 3.75. The topological polar surface area (TPSA) is 108 Å². The molecule has 12 heteroatoms. The third kappa shape index (κ3) is 7.45. The Morgan fingerprint density at radius 1 is 1.05 bits per heavy atom. The molecule has 4 fully saturated rings. The van der Waals surface area contributed by atoms with E-state index in [-0.39, 0.29) is 34.1 Å². The third-order valence-electron chi connectivity index (χ3n) is 7.63. The number of hydrazine groups is 1. The van der Waals surface area contributed by atoms with E-state index < -0.39 is 23.5 Å². The van der Waals surface area contributed by atoms with Crippen LogP contribution in [-0.2, 0) is 4.79 Å². The molecule has 4 atom stereocenters. The van der Waals surface area contributed by atoms with Gasteiger partial charge in [-0.1, -0.05) is 51.3 Å². The lowest BCUT2D eigenvalue weighted by molar-refractivity contribution is -0.129. The number of amides is 2. The molecule has 2 saturated heterocycles. The van der Waals surface area contributed by atoms with Crippen molar-refractivity contribution in [3.8, 4) is 28.7 Å². The van der Waals surface area contributed by atoms with Gasteiger partial charge in [-0.15, -0.1) is 0 Å². The van der Waals surface area contributed by atoms with Crippen LogP contribution in [0.2, 0.25) is 0 Å². The third-order valence-corrected chi connectivity index (χ3v) is 8.65. The summed E-state index contributed by atoms with van der Waals surface area (Å²) in [6.45, 7) is 8.52. The Balaban J connectivity index is 0.00000102. The number of carbonyl (C=O) groups excluding carboxylic acids is 2. The molecule has 2 aliphatic heterocycles. The predicted molar refractivity (Wildman–Crippen MR) is 164 cm³/mol. The minimum absolute atomic E-state index is 0.0122. The zero-order valence-electron chi connectivity index (χ0n) is 25.2. The van der Waals surface area contributed by atoms with Crippen LogP contribution >= 0.6 is 11.8 Å². The molecule has 4 aliphatic rings. The van der Waals surface area contributed by atoms with Crippen LogP contribution in [0.1, 0.15) is 82.3 Å². The number of methoxy groups -OCH3 is 1. The summed E-state index contributed by atoms with van der Waals surface area (Å²) in [6.07, 6.45) is 4.83. The number of piperidine rings is 1. The molecule has 2 aromatic rings. The second-order valence-corrected chi connectivity index (χ2v) is 11.4. The molecule has 0 aromatic carbocycles. The predicted octanol–water partition coefficient (Wildman–Crippen LogP) is 5.50. The number of fused-ring (bicyclic) bond motifs is 1. The molecule has 3 N–H and O–H groups in total. The molecule has 0 bridgehead atoms. The van der Waals surface area contributed by atoms with Crippen molar-refractivity contribution < 1.29 is 23.1 Å². The molecule has 0 radical (unpaired) electrons. The standard InChI is InChI=1S/C27H28F2N6O3S.2C2H6/c1-38-21-13-30-20(24(28)29)10-18(21)17-11-22(35-9-8-15-5-6-16(15)26(35)37)31-12-19(17)25(36)32-27-34-33-23(39-27)7-4-14-2-3-14;2*1-2/h10-16,23-24,27,33-34H,2-3,5-6,8-9H2,1H3,(H,32,36);2*1-2H3. The number of halogens is 2. The molecule has 2 aliphatic carbocycles. The fourth-order valence-electron chi connectivity index (χ4n) is 5.13. The van der Waals surface area contributed by atoms with Crippen LogP contribution in [0.4, 0.5) is 14.6 Å². The van der Waals surface area contributed by atoms with Gasteiger partial charge in [-0.25, -0.2) is 24.6 Å². The summed E-state index contributed by atoms with van der Waals surface area (Å²) >= 11 is 1.42. The van der Waals surface area contributed by atoms with Gasteiger partial charge in [0.2, 0.25) is 5.91 Å². The molecule has 2 amide bonds. The van der Waals surface area contributed by atoms with Crippen molar-refractivity contribution >= 4 is 29.4 Å². The first-order valence-corrected chi connectivity index (χ1v) is 16.0. The number of rotatable bonds is 6. The Bertz CT molecular complexity index is 1360. The maximum atomic E-state index is 13.6. The maximum absolute atomic E-state index is 13.6. The fourth-order valence-corrected chi connectivity index (χ4v) is 5.99. The molecule has 43 heavy (non-hydrogen) atoms. The van der Waals surface area contributed by atoms with Gasteiger partial charge < -0.3 is 10.1 Å². The summed E-state index contributed by atoms with van der Waals surface area (Å²) in [6, 6.07) is 2.82. The molecule has 232 valence electrons. The molecule has 2 saturated carbocycles. The van der Waals surface area contributed by atoms with Crippen LogP contribution in [0.25, 0.3) is 11.1 Å². The summed E-state index contributed by atoms with van der Waals surface area (Å²) in [5.41, 5.74) is 5.89. The number of hydrogen-bond acceptors (Lipinski definition) is 8. The SMILES string of the molecule is CC.CC.COc1cnc(C(F)F)cc1-c1cc(N2CCC3CCC3C2=O)ncc1C(=O)NC1NNC(C#CC2CC2)S1. The van der Waals surface area contributed by atoms with E-state index in [1.165, 1.54) is 37.3 Å². The zero-order chi connectivity index (χ0) is 31.1. The van der Waals surface area contributed by atoms with Crippen molar-refractivity contribution in [2.24, 2.45) is 17.8 Å². The van der Waals surface area contributed by atoms with Crippen LogP contribution in [-0.4, -0.2) is 46.3 Å². The summed E-state index contributed by atoms with van der Waals surface area (Å²) < 4.78 is 32.7. The van der Waals surface area contributed by atoms with Crippen LogP contribution in [0, 0.1) is 29.6 Å². The van der Waals surface area contributed by atoms with Crippen molar-refractivity contribution in [2.45, 2.75) is 77.1 Å². The number of carbonyl (C=O) groups is 2. The molecular formula is C31H40F2N6O3S.